The Balaban J connectivity index is 2.09. The third-order valence-corrected chi connectivity index (χ3v) is 6.39. The maximum atomic E-state index is 12.8. The van der Waals surface area contributed by atoms with Crippen molar-refractivity contribution in [3.63, 3.8) is 0 Å². The minimum absolute atomic E-state index is 0.0200. The van der Waals surface area contributed by atoms with Crippen LogP contribution in [-0.2, 0) is 11.2 Å². The molecule has 190 valence electrons. The first-order chi connectivity index (χ1) is 15.9. The van der Waals surface area contributed by atoms with E-state index in [1.165, 1.54) is 11.0 Å². The van der Waals surface area contributed by atoms with E-state index in [1.807, 2.05) is 0 Å². The van der Waals surface area contributed by atoms with Gasteiger partial charge >= 0.3 is 17.1 Å². The third-order valence-electron chi connectivity index (χ3n) is 5.43. The summed E-state index contributed by atoms with van der Waals surface area (Å²) in [4.78, 5) is 43.7. The summed E-state index contributed by atoms with van der Waals surface area (Å²) in [6, 6.07) is 3.18. The van der Waals surface area contributed by atoms with Gasteiger partial charge in [0.05, 0.1) is 4.70 Å². The van der Waals surface area contributed by atoms with Crippen molar-refractivity contribution in [1.82, 2.24) is 19.7 Å². The fourth-order valence-electron chi connectivity index (χ4n) is 3.49. The number of nitrogens with one attached hydrogen (secondary N) is 1. The number of hydrogen-bond acceptors (Lipinski definition) is 7. The Kier molecular flexibility index (Phi) is 9.75. The Morgan fingerprint density at radius 3 is 2.24 bits per heavy atom. The van der Waals surface area contributed by atoms with Crippen LogP contribution in [0.4, 0.5) is 9.59 Å². The number of amides is 2. The standard InChI is InChI=1S/C23H36N4O6S/c1-6-25(7-2)12-13-27(22(32)33-23(3,4)5)15-14-26(21(30)31)11-10-16-8-9-17(28)18-19(16)34-20(29)24-18/h8-9,28H,6-7,10-15H2,1-5H3,(H,24,29)(H,30,31). The van der Waals surface area contributed by atoms with Gasteiger partial charge in [-0.15, -0.1) is 0 Å². The first kappa shape index (κ1) is 27.5. The van der Waals surface area contributed by atoms with Crippen molar-refractivity contribution in [1.29, 1.82) is 0 Å². The van der Waals surface area contributed by atoms with Crippen LogP contribution in [0.15, 0.2) is 16.9 Å². The Morgan fingerprint density at radius 1 is 1.03 bits per heavy atom. The van der Waals surface area contributed by atoms with Crippen molar-refractivity contribution in [3.05, 3.63) is 27.4 Å². The number of ether oxygens (including phenoxy) is 1. The van der Waals surface area contributed by atoms with Gasteiger partial charge in [0, 0.05) is 32.7 Å². The lowest BCUT2D eigenvalue weighted by Crippen LogP contribution is -2.46. The highest BCUT2D eigenvalue weighted by molar-refractivity contribution is 7.16. The van der Waals surface area contributed by atoms with Crippen LogP contribution >= 0.6 is 11.3 Å². The SMILES string of the molecule is CCN(CC)CCN(CCN(CCc1ccc(O)c2[nH]c(=O)sc12)C(=O)O)C(=O)OC(C)(C)C. The summed E-state index contributed by atoms with van der Waals surface area (Å²) in [5.41, 5.74) is 0.481. The van der Waals surface area contributed by atoms with Crippen molar-refractivity contribution < 1.29 is 24.5 Å². The molecule has 0 spiro atoms. The number of fused-ring (bicyclic) bond motifs is 1. The number of aromatic nitrogens is 1. The summed E-state index contributed by atoms with van der Waals surface area (Å²) in [6.07, 6.45) is -1.20. The first-order valence-electron chi connectivity index (χ1n) is 11.5. The Hall–Kier alpha value is -2.79. The maximum absolute atomic E-state index is 12.8. The predicted molar refractivity (Wildman–Crippen MR) is 133 cm³/mol. The highest BCUT2D eigenvalue weighted by Gasteiger charge is 2.24. The minimum Gasteiger partial charge on any atom is -0.506 e. The summed E-state index contributed by atoms with van der Waals surface area (Å²) < 4.78 is 6.15. The number of carboxylic acid groups (broad SMARTS) is 1. The van der Waals surface area contributed by atoms with Crippen LogP contribution in [0.25, 0.3) is 10.2 Å². The lowest BCUT2D eigenvalue weighted by atomic mass is 10.1. The topological polar surface area (TPSA) is 126 Å². The normalized spacial score (nSPS) is 11.7. The van der Waals surface area contributed by atoms with Gasteiger partial charge in [-0.1, -0.05) is 31.3 Å². The van der Waals surface area contributed by atoms with Gasteiger partial charge in [-0.05, 0) is 51.9 Å². The van der Waals surface area contributed by atoms with Crippen LogP contribution in [0.3, 0.4) is 0 Å². The lowest BCUT2D eigenvalue weighted by molar-refractivity contribution is 0.0215. The molecule has 0 aliphatic heterocycles. The van der Waals surface area contributed by atoms with Crippen molar-refractivity contribution in [2.75, 3.05) is 45.8 Å². The molecular weight excluding hydrogens is 460 g/mol. The molecule has 0 aliphatic carbocycles. The zero-order valence-corrected chi connectivity index (χ0v) is 21.4. The molecule has 1 aromatic heterocycles. The Labute approximate surface area is 203 Å². The van der Waals surface area contributed by atoms with Crippen molar-refractivity contribution in [3.8, 4) is 5.75 Å². The molecule has 0 atom stereocenters. The number of nitrogens with zero attached hydrogens (tertiary/aromatic N) is 3. The molecule has 2 rings (SSSR count). The van der Waals surface area contributed by atoms with Gasteiger partial charge < -0.3 is 34.6 Å². The molecule has 1 aromatic carbocycles. The van der Waals surface area contributed by atoms with Crippen LogP contribution in [0, 0.1) is 0 Å². The van der Waals surface area contributed by atoms with E-state index in [-0.39, 0.29) is 30.3 Å². The van der Waals surface area contributed by atoms with E-state index in [4.69, 9.17) is 4.74 Å². The second kappa shape index (κ2) is 12.1. The van der Waals surface area contributed by atoms with Crippen molar-refractivity contribution in [2.45, 2.75) is 46.6 Å². The second-order valence-electron chi connectivity index (χ2n) is 8.98. The number of rotatable bonds is 11. The molecule has 1 heterocycles. The van der Waals surface area contributed by atoms with Crippen LogP contribution < -0.4 is 4.87 Å². The van der Waals surface area contributed by atoms with Gasteiger partial charge in [0.1, 0.15) is 16.9 Å². The highest BCUT2D eigenvalue weighted by atomic mass is 32.1. The number of hydrogen-bond donors (Lipinski definition) is 3. The summed E-state index contributed by atoms with van der Waals surface area (Å²) >= 11 is 0.983. The van der Waals surface area contributed by atoms with E-state index in [2.05, 4.69) is 23.7 Å². The average Bonchev–Trinajstić information content (AvgIpc) is 3.15. The Bertz CT molecular complexity index is 1020. The first-order valence-corrected chi connectivity index (χ1v) is 12.3. The van der Waals surface area contributed by atoms with Gasteiger partial charge in [-0.2, -0.15) is 0 Å². The van der Waals surface area contributed by atoms with Gasteiger partial charge in [0.2, 0.25) is 0 Å². The van der Waals surface area contributed by atoms with Crippen LogP contribution in [-0.4, -0.2) is 93.5 Å². The molecule has 34 heavy (non-hydrogen) atoms. The maximum Gasteiger partial charge on any atom is 0.410 e. The minimum atomic E-state index is -1.09. The smallest absolute Gasteiger partial charge is 0.410 e. The molecule has 0 radical (unpaired) electrons. The van der Waals surface area contributed by atoms with Crippen LogP contribution in [0.2, 0.25) is 0 Å². The van der Waals surface area contributed by atoms with Crippen molar-refractivity contribution in [2.24, 2.45) is 0 Å². The van der Waals surface area contributed by atoms with E-state index in [0.29, 0.717) is 29.7 Å². The van der Waals surface area contributed by atoms with Crippen LogP contribution in [0.5, 0.6) is 5.75 Å². The number of carbonyl (C=O) groups excluding carboxylic acids is 1. The summed E-state index contributed by atoms with van der Waals surface area (Å²) in [5, 5.41) is 19.7. The van der Waals surface area contributed by atoms with E-state index in [1.54, 1.807) is 31.7 Å². The number of phenolic OH excluding ortho intramolecular Hbond substituents is 1. The number of thiazole rings is 1. The lowest BCUT2D eigenvalue weighted by Gasteiger charge is -2.30. The molecule has 11 heteroatoms. The molecule has 0 fully saturated rings. The van der Waals surface area contributed by atoms with E-state index in [0.717, 1.165) is 30.0 Å². The molecule has 10 nitrogen and oxygen atoms in total. The van der Waals surface area contributed by atoms with Gasteiger partial charge in [-0.3, -0.25) is 4.79 Å². The number of phenols is 1. The largest absolute Gasteiger partial charge is 0.506 e. The number of likely N-dealkylation sites (N-methyl/N-ethyl adjacent to an activating group) is 1. The van der Waals surface area contributed by atoms with Gasteiger partial charge in [-0.25, -0.2) is 9.59 Å². The molecular formula is C23H36N4O6S. The zero-order chi connectivity index (χ0) is 25.5. The molecule has 0 saturated heterocycles. The quantitative estimate of drug-likeness (QED) is 0.435. The molecule has 0 bridgehead atoms. The van der Waals surface area contributed by atoms with E-state index < -0.39 is 17.8 Å². The fourth-order valence-corrected chi connectivity index (χ4v) is 4.39. The molecule has 0 unspecified atom stereocenters. The van der Waals surface area contributed by atoms with Gasteiger partial charge in [0.25, 0.3) is 0 Å². The number of benzene rings is 1. The van der Waals surface area contributed by atoms with E-state index in [9.17, 15) is 24.6 Å². The Morgan fingerprint density at radius 2 is 1.65 bits per heavy atom. The van der Waals surface area contributed by atoms with Crippen molar-refractivity contribution >= 4 is 33.7 Å². The average molecular weight is 497 g/mol. The monoisotopic (exact) mass is 496 g/mol. The molecule has 0 saturated carbocycles. The predicted octanol–water partition coefficient (Wildman–Crippen LogP) is 3.40. The molecule has 3 N–H and O–H groups in total. The van der Waals surface area contributed by atoms with Crippen LogP contribution in [0.1, 0.15) is 40.2 Å². The number of aromatic amines is 1. The summed E-state index contributed by atoms with van der Waals surface area (Å²) in [7, 11) is 0. The summed E-state index contributed by atoms with van der Waals surface area (Å²) in [5.74, 6) is -0.0200. The molecule has 0 aliphatic rings. The molecule has 2 amide bonds. The zero-order valence-electron chi connectivity index (χ0n) is 20.6. The van der Waals surface area contributed by atoms with Gasteiger partial charge in [0.15, 0.2) is 0 Å². The second-order valence-corrected chi connectivity index (χ2v) is 9.96. The third kappa shape index (κ3) is 7.91. The number of carbonyl (C=O) groups is 2. The highest BCUT2D eigenvalue weighted by Crippen LogP contribution is 2.28. The number of H-pyrrole nitrogens is 1. The fraction of sp³-hybridized carbons (Fsp3) is 0.609. The molecule has 2 aromatic rings. The summed E-state index contributed by atoms with van der Waals surface area (Å²) in [6.45, 7) is 12.8. The number of aromatic hydroxyl groups is 1. The van der Waals surface area contributed by atoms with E-state index >= 15 is 0 Å².